The number of rotatable bonds is 5. The molecule has 1 aromatic carbocycles. The normalized spacial score (nSPS) is 17.8. The van der Waals surface area contributed by atoms with Gasteiger partial charge in [-0.15, -0.1) is 0 Å². The van der Waals surface area contributed by atoms with E-state index in [0.717, 1.165) is 12.1 Å². The molecule has 1 saturated carbocycles. The van der Waals surface area contributed by atoms with E-state index in [1.807, 2.05) is 23.9 Å². The van der Waals surface area contributed by atoms with Crippen molar-refractivity contribution in [1.29, 1.82) is 0 Å². The van der Waals surface area contributed by atoms with Crippen LogP contribution in [0.3, 0.4) is 0 Å². The predicted molar refractivity (Wildman–Crippen MR) is 74.9 cm³/mol. The number of para-hydroxylation sites is 1. The Bertz CT molecular complexity index is 387. The molecule has 17 heavy (non-hydrogen) atoms. The van der Waals surface area contributed by atoms with Crippen LogP contribution in [0.2, 0.25) is 5.02 Å². The van der Waals surface area contributed by atoms with Crippen LogP contribution in [0.25, 0.3) is 0 Å². The van der Waals surface area contributed by atoms with Crippen molar-refractivity contribution >= 4 is 23.4 Å². The number of phenolic OH excluding ortho intramolecular Hbond substituents is 1. The molecule has 2 rings (SSSR count). The highest BCUT2D eigenvalue weighted by Crippen LogP contribution is 2.42. The summed E-state index contributed by atoms with van der Waals surface area (Å²) < 4.78 is 0.425. The fourth-order valence-corrected chi connectivity index (χ4v) is 3.29. The standard InChI is InChI=1S/C13H18ClNOS/c1-17-13(6-3-7-13)9-15-8-10-4-2-5-11(14)12(10)16/h2,4-5,15-16H,3,6-9H2,1H3. The summed E-state index contributed by atoms with van der Waals surface area (Å²) in [5, 5.41) is 13.6. The molecule has 0 aliphatic heterocycles. The van der Waals surface area contributed by atoms with E-state index in [-0.39, 0.29) is 5.75 Å². The number of hydrogen-bond donors (Lipinski definition) is 2. The van der Waals surface area contributed by atoms with Gasteiger partial charge in [0.1, 0.15) is 5.75 Å². The van der Waals surface area contributed by atoms with Crippen molar-refractivity contribution in [3.8, 4) is 5.75 Å². The average molecular weight is 272 g/mol. The highest BCUT2D eigenvalue weighted by atomic mass is 35.5. The molecule has 1 fully saturated rings. The van der Waals surface area contributed by atoms with Gasteiger partial charge in [0, 0.05) is 23.4 Å². The lowest BCUT2D eigenvalue weighted by molar-refractivity contribution is 0.344. The zero-order valence-electron chi connectivity index (χ0n) is 10.0. The highest BCUT2D eigenvalue weighted by molar-refractivity contribution is 8.00. The molecule has 1 aliphatic rings. The molecule has 0 saturated heterocycles. The maximum Gasteiger partial charge on any atom is 0.138 e. The molecule has 4 heteroatoms. The van der Waals surface area contributed by atoms with Crippen LogP contribution in [-0.4, -0.2) is 22.7 Å². The lowest BCUT2D eigenvalue weighted by Crippen LogP contribution is -2.43. The number of thioether (sulfide) groups is 1. The first-order chi connectivity index (χ1) is 8.17. The molecule has 0 heterocycles. The minimum Gasteiger partial charge on any atom is -0.506 e. The summed E-state index contributed by atoms with van der Waals surface area (Å²) in [4.78, 5) is 0. The molecule has 0 bridgehead atoms. The van der Waals surface area contributed by atoms with E-state index < -0.39 is 0 Å². The Kier molecular flexibility index (Phi) is 4.23. The van der Waals surface area contributed by atoms with Crippen LogP contribution in [0, 0.1) is 0 Å². The number of halogens is 1. The monoisotopic (exact) mass is 271 g/mol. The molecule has 0 spiro atoms. The molecule has 0 aromatic heterocycles. The van der Waals surface area contributed by atoms with Crippen LogP contribution < -0.4 is 5.32 Å². The van der Waals surface area contributed by atoms with Crippen molar-refractivity contribution in [2.75, 3.05) is 12.8 Å². The van der Waals surface area contributed by atoms with Gasteiger partial charge in [0.2, 0.25) is 0 Å². The van der Waals surface area contributed by atoms with Crippen LogP contribution in [-0.2, 0) is 6.54 Å². The molecule has 2 nitrogen and oxygen atoms in total. The Morgan fingerprint density at radius 3 is 2.82 bits per heavy atom. The average Bonchev–Trinajstić information content (AvgIpc) is 2.28. The lowest BCUT2D eigenvalue weighted by Gasteiger charge is -2.40. The number of nitrogens with one attached hydrogen (secondary N) is 1. The van der Waals surface area contributed by atoms with Gasteiger partial charge in [-0.05, 0) is 25.2 Å². The van der Waals surface area contributed by atoms with Crippen molar-refractivity contribution in [3.05, 3.63) is 28.8 Å². The zero-order valence-corrected chi connectivity index (χ0v) is 11.6. The maximum absolute atomic E-state index is 9.78. The zero-order chi connectivity index (χ0) is 12.3. The van der Waals surface area contributed by atoms with Crippen molar-refractivity contribution in [2.24, 2.45) is 0 Å². The van der Waals surface area contributed by atoms with Gasteiger partial charge in [-0.1, -0.05) is 30.2 Å². The second-order valence-electron chi connectivity index (χ2n) is 4.59. The largest absolute Gasteiger partial charge is 0.506 e. The Balaban J connectivity index is 1.88. The highest BCUT2D eigenvalue weighted by Gasteiger charge is 2.35. The van der Waals surface area contributed by atoms with E-state index in [0.29, 0.717) is 16.3 Å². The summed E-state index contributed by atoms with van der Waals surface area (Å²) in [7, 11) is 0. The first-order valence-electron chi connectivity index (χ1n) is 5.89. The first kappa shape index (κ1) is 13.1. The van der Waals surface area contributed by atoms with Crippen LogP contribution in [0.1, 0.15) is 24.8 Å². The second-order valence-corrected chi connectivity index (χ2v) is 6.27. The molecule has 94 valence electrons. The molecule has 0 atom stereocenters. The van der Waals surface area contributed by atoms with Gasteiger partial charge in [-0.3, -0.25) is 0 Å². The van der Waals surface area contributed by atoms with Crippen LogP contribution in [0.5, 0.6) is 5.75 Å². The van der Waals surface area contributed by atoms with Crippen molar-refractivity contribution in [1.82, 2.24) is 5.32 Å². The molecule has 0 amide bonds. The van der Waals surface area contributed by atoms with E-state index in [1.165, 1.54) is 19.3 Å². The molecule has 1 aromatic rings. The van der Waals surface area contributed by atoms with Crippen molar-refractivity contribution in [3.63, 3.8) is 0 Å². The van der Waals surface area contributed by atoms with E-state index in [9.17, 15) is 5.11 Å². The fraction of sp³-hybridized carbons (Fsp3) is 0.538. The third-order valence-corrected chi connectivity index (χ3v) is 5.25. The quantitative estimate of drug-likeness (QED) is 0.861. The molecular weight excluding hydrogens is 254 g/mol. The Labute approximate surface area is 112 Å². The topological polar surface area (TPSA) is 32.3 Å². The fourth-order valence-electron chi connectivity index (χ4n) is 2.15. The van der Waals surface area contributed by atoms with E-state index in [4.69, 9.17) is 11.6 Å². The summed E-state index contributed by atoms with van der Waals surface area (Å²) in [6.45, 7) is 1.68. The molecule has 1 aliphatic carbocycles. The Morgan fingerprint density at radius 1 is 1.47 bits per heavy atom. The smallest absolute Gasteiger partial charge is 0.138 e. The summed E-state index contributed by atoms with van der Waals surface area (Å²) in [6, 6.07) is 5.48. The van der Waals surface area contributed by atoms with Gasteiger partial charge >= 0.3 is 0 Å². The SMILES string of the molecule is CSC1(CNCc2cccc(Cl)c2O)CCC1. The Morgan fingerprint density at radius 2 is 2.24 bits per heavy atom. The van der Waals surface area contributed by atoms with Crippen LogP contribution >= 0.6 is 23.4 Å². The van der Waals surface area contributed by atoms with E-state index in [2.05, 4.69) is 11.6 Å². The lowest BCUT2D eigenvalue weighted by atomic mass is 9.84. The Hall–Kier alpha value is -0.380. The number of aromatic hydroxyl groups is 1. The van der Waals surface area contributed by atoms with Gasteiger partial charge in [0.05, 0.1) is 5.02 Å². The second kappa shape index (κ2) is 5.51. The van der Waals surface area contributed by atoms with Gasteiger partial charge in [0.25, 0.3) is 0 Å². The third kappa shape index (κ3) is 2.90. The van der Waals surface area contributed by atoms with Crippen LogP contribution in [0.15, 0.2) is 18.2 Å². The molecular formula is C13H18ClNOS. The molecule has 0 radical (unpaired) electrons. The number of phenols is 1. The maximum atomic E-state index is 9.78. The molecule has 0 unspecified atom stereocenters. The van der Waals surface area contributed by atoms with Crippen molar-refractivity contribution < 1.29 is 5.11 Å². The predicted octanol–water partition coefficient (Wildman–Crippen LogP) is 3.42. The molecule has 2 N–H and O–H groups in total. The van der Waals surface area contributed by atoms with Crippen LogP contribution in [0.4, 0.5) is 0 Å². The number of hydrogen-bond acceptors (Lipinski definition) is 3. The van der Waals surface area contributed by atoms with Crippen molar-refractivity contribution in [2.45, 2.75) is 30.6 Å². The van der Waals surface area contributed by atoms with Gasteiger partial charge < -0.3 is 10.4 Å². The van der Waals surface area contributed by atoms with Gasteiger partial charge in [0.15, 0.2) is 0 Å². The van der Waals surface area contributed by atoms with Gasteiger partial charge in [-0.2, -0.15) is 11.8 Å². The number of benzene rings is 1. The summed E-state index contributed by atoms with van der Waals surface area (Å²) in [5.41, 5.74) is 0.869. The summed E-state index contributed by atoms with van der Waals surface area (Å²) in [6.07, 6.45) is 6.11. The minimum atomic E-state index is 0.202. The summed E-state index contributed by atoms with van der Waals surface area (Å²) in [5.74, 6) is 0.202. The first-order valence-corrected chi connectivity index (χ1v) is 7.49. The minimum absolute atomic E-state index is 0.202. The van der Waals surface area contributed by atoms with E-state index >= 15 is 0 Å². The third-order valence-electron chi connectivity index (χ3n) is 3.53. The van der Waals surface area contributed by atoms with Gasteiger partial charge in [-0.25, -0.2) is 0 Å². The van der Waals surface area contributed by atoms with E-state index in [1.54, 1.807) is 6.07 Å². The summed E-state index contributed by atoms with van der Waals surface area (Å²) >= 11 is 7.82.